The molecule has 0 radical (unpaired) electrons. The quantitative estimate of drug-likeness (QED) is 0.881. The molecular weight excluding hydrogens is 320 g/mol. The zero-order chi connectivity index (χ0) is 16.5. The lowest BCUT2D eigenvalue weighted by molar-refractivity contribution is -0.140. The van der Waals surface area contributed by atoms with Crippen LogP contribution in [0.3, 0.4) is 0 Å². The van der Waals surface area contributed by atoms with Crippen molar-refractivity contribution >= 4 is 28.2 Å². The Morgan fingerprint density at radius 2 is 1.67 bits per heavy atom. The van der Waals surface area contributed by atoms with Gasteiger partial charge >= 0.3 is 0 Å². The molecule has 0 spiro atoms. The number of amides is 2. The summed E-state index contributed by atoms with van der Waals surface area (Å²) >= 11 is 1.58. The summed E-state index contributed by atoms with van der Waals surface area (Å²) in [6.07, 6.45) is 10.1. The van der Waals surface area contributed by atoms with E-state index in [1.54, 1.807) is 11.3 Å². The maximum Gasteiger partial charge on any atom is 0.251 e. The van der Waals surface area contributed by atoms with Crippen LogP contribution in [0.25, 0.3) is 0 Å². The Morgan fingerprint density at radius 1 is 1.04 bits per heavy atom. The van der Waals surface area contributed by atoms with E-state index in [1.807, 2.05) is 0 Å². The molecule has 1 heterocycles. The zero-order valence-electron chi connectivity index (χ0n) is 13.9. The summed E-state index contributed by atoms with van der Waals surface area (Å²) in [7, 11) is 0. The predicted octanol–water partition coefficient (Wildman–Crippen LogP) is 3.49. The average molecular weight is 344 g/mol. The Kier molecular flexibility index (Phi) is 3.16. The maximum atomic E-state index is 13.2. The van der Waals surface area contributed by atoms with Crippen molar-refractivity contribution in [1.29, 1.82) is 0 Å². The van der Waals surface area contributed by atoms with E-state index in [4.69, 9.17) is 5.73 Å². The molecule has 4 nitrogen and oxygen atoms in total. The van der Waals surface area contributed by atoms with Crippen LogP contribution in [0, 0.1) is 23.2 Å². The minimum Gasteiger partial charge on any atom is -0.365 e. The topological polar surface area (TPSA) is 72.2 Å². The molecule has 4 fully saturated rings. The first kappa shape index (κ1) is 14.9. The SMILES string of the molecule is NC(=O)c1c(NC(=O)C23CC4CC(CC(C4)C2)C3)sc2c1CCC2. The smallest absolute Gasteiger partial charge is 0.251 e. The first-order chi connectivity index (χ1) is 11.5. The van der Waals surface area contributed by atoms with Gasteiger partial charge in [-0.05, 0) is 81.1 Å². The first-order valence-corrected chi connectivity index (χ1v) is 10.1. The van der Waals surface area contributed by atoms with Crippen LogP contribution in [0.15, 0.2) is 0 Å². The highest BCUT2D eigenvalue weighted by Gasteiger charge is 2.54. The van der Waals surface area contributed by atoms with E-state index in [9.17, 15) is 9.59 Å². The van der Waals surface area contributed by atoms with Crippen molar-refractivity contribution in [3.8, 4) is 0 Å². The molecule has 6 rings (SSSR count). The van der Waals surface area contributed by atoms with E-state index in [-0.39, 0.29) is 11.3 Å². The van der Waals surface area contributed by atoms with Gasteiger partial charge in [0.15, 0.2) is 0 Å². The summed E-state index contributed by atoms with van der Waals surface area (Å²) < 4.78 is 0. The summed E-state index contributed by atoms with van der Waals surface area (Å²) in [6, 6.07) is 0. The molecule has 5 heteroatoms. The van der Waals surface area contributed by atoms with Crippen LogP contribution in [0.5, 0.6) is 0 Å². The normalized spacial score (nSPS) is 35.9. The lowest BCUT2D eigenvalue weighted by Crippen LogP contribution is -2.51. The van der Waals surface area contributed by atoms with Crippen molar-refractivity contribution in [2.45, 2.75) is 57.8 Å². The van der Waals surface area contributed by atoms with E-state index in [1.165, 1.54) is 24.1 Å². The number of hydrogen-bond donors (Lipinski definition) is 2. The highest BCUT2D eigenvalue weighted by molar-refractivity contribution is 7.17. The number of nitrogens with two attached hydrogens (primary N) is 1. The molecular formula is C19H24N2O2S. The van der Waals surface area contributed by atoms with Gasteiger partial charge in [0.05, 0.1) is 11.0 Å². The number of hydrogen-bond acceptors (Lipinski definition) is 3. The van der Waals surface area contributed by atoms with Crippen molar-refractivity contribution < 1.29 is 9.59 Å². The second-order valence-electron chi connectivity index (χ2n) is 8.58. The minimum atomic E-state index is -0.393. The van der Waals surface area contributed by atoms with Gasteiger partial charge in [-0.1, -0.05) is 0 Å². The molecule has 4 saturated carbocycles. The third kappa shape index (κ3) is 2.10. The van der Waals surface area contributed by atoms with Crippen molar-refractivity contribution in [3.05, 3.63) is 16.0 Å². The number of nitrogens with one attached hydrogen (secondary N) is 1. The van der Waals surface area contributed by atoms with Gasteiger partial charge in [0.1, 0.15) is 5.00 Å². The predicted molar refractivity (Wildman–Crippen MR) is 94.1 cm³/mol. The van der Waals surface area contributed by atoms with Gasteiger partial charge in [-0.15, -0.1) is 11.3 Å². The number of fused-ring (bicyclic) bond motifs is 1. The molecule has 0 unspecified atom stereocenters. The Hall–Kier alpha value is -1.36. The van der Waals surface area contributed by atoms with Crippen LogP contribution in [-0.4, -0.2) is 11.8 Å². The fourth-order valence-corrected chi connectivity index (χ4v) is 7.67. The van der Waals surface area contributed by atoms with E-state index < -0.39 is 5.91 Å². The van der Waals surface area contributed by atoms with Crippen LogP contribution >= 0.6 is 11.3 Å². The van der Waals surface area contributed by atoms with Gasteiger partial charge in [-0.3, -0.25) is 9.59 Å². The molecule has 2 amide bonds. The van der Waals surface area contributed by atoms with Crippen molar-refractivity contribution in [3.63, 3.8) is 0 Å². The monoisotopic (exact) mass is 344 g/mol. The average Bonchev–Trinajstić information content (AvgIpc) is 3.05. The van der Waals surface area contributed by atoms with E-state index >= 15 is 0 Å². The van der Waals surface area contributed by atoms with Gasteiger partial charge in [-0.25, -0.2) is 0 Å². The molecule has 0 atom stereocenters. The number of aryl methyl sites for hydroxylation is 1. The number of anilines is 1. The lowest BCUT2D eigenvalue weighted by Gasteiger charge is -2.55. The second-order valence-corrected chi connectivity index (χ2v) is 9.68. The standard InChI is InChI=1S/C19H24N2O2S/c20-16(22)15-13-2-1-3-14(13)24-17(15)21-18(23)19-7-10-4-11(8-19)6-12(5-10)9-19/h10-12H,1-9H2,(H2,20,22)(H,21,23). The van der Waals surface area contributed by atoms with Gasteiger partial charge in [0, 0.05) is 4.88 Å². The van der Waals surface area contributed by atoms with Crippen molar-refractivity contribution in [2.75, 3.05) is 5.32 Å². The molecule has 3 N–H and O–H groups in total. The number of rotatable bonds is 3. The lowest BCUT2D eigenvalue weighted by atomic mass is 9.49. The summed E-state index contributed by atoms with van der Waals surface area (Å²) in [6.45, 7) is 0. The highest BCUT2D eigenvalue weighted by Crippen LogP contribution is 2.60. The molecule has 1 aromatic heterocycles. The summed E-state index contributed by atoms with van der Waals surface area (Å²) in [5, 5.41) is 3.87. The molecule has 5 aliphatic rings. The highest BCUT2D eigenvalue weighted by atomic mass is 32.1. The summed E-state index contributed by atoms with van der Waals surface area (Å²) in [5.74, 6) is 1.99. The third-order valence-corrected chi connectivity index (χ3v) is 8.12. The molecule has 1 aromatic rings. The van der Waals surface area contributed by atoms with Crippen molar-refractivity contribution in [2.24, 2.45) is 28.9 Å². The summed E-state index contributed by atoms with van der Waals surface area (Å²) in [5.41, 5.74) is 7.13. The molecule has 0 aromatic carbocycles. The fraction of sp³-hybridized carbons (Fsp3) is 0.684. The molecule has 128 valence electrons. The van der Waals surface area contributed by atoms with Crippen LogP contribution in [-0.2, 0) is 17.6 Å². The Morgan fingerprint density at radius 3 is 2.25 bits per heavy atom. The second kappa shape index (κ2) is 5.07. The van der Waals surface area contributed by atoms with Gasteiger partial charge in [0.25, 0.3) is 5.91 Å². The third-order valence-electron chi connectivity index (χ3n) is 6.91. The van der Waals surface area contributed by atoms with Crippen LogP contribution in [0.1, 0.15) is 65.7 Å². The zero-order valence-corrected chi connectivity index (χ0v) is 14.7. The Labute approximate surface area is 146 Å². The molecule has 5 aliphatic carbocycles. The van der Waals surface area contributed by atoms with Crippen LogP contribution in [0.2, 0.25) is 0 Å². The number of primary amides is 1. The van der Waals surface area contributed by atoms with Crippen molar-refractivity contribution in [1.82, 2.24) is 0 Å². The number of carbonyl (C=O) groups is 2. The molecule has 0 aliphatic heterocycles. The number of carbonyl (C=O) groups excluding carboxylic acids is 2. The van der Waals surface area contributed by atoms with E-state index in [0.717, 1.165) is 61.8 Å². The van der Waals surface area contributed by atoms with E-state index in [0.29, 0.717) is 10.6 Å². The molecule has 4 bridgehead atoms. The van der Waals surface area contributed by atoms with Crippen LogP contribution < -0.4 is 11.1 Å². The van der Waals surface area contributed by atoms with Crippen LogP contribution in [0.4, 0.5) is 5.00 Å². The largest absolute Gasteiger partial charge is 0.365 e. The Bertz CT molecular complexity index is 701. The Balaban J connectivity index is 1.44. The summed E-state index contributed by atoms with van der Waals surface area (Å²) in [4.78, 5) is 26.4. The van der Waals surface area contributed by atoms with Gasteiger partial charge < -0.3 is 11.1 Å². The first-order valence-electron chi connectivity index (χ1n) is 9.30. The fourth-order valence-electron chi connectivity index (χ4n) is 6.38. The van der Waals surface area contributed by atoms with Gasteiger partial charge in [0.2, 0.25) is 5.91 Å². The van der Waals surface area contributed by atoms with E-state index in [2.05, 4.69) is 5.32 Å². The number of thiophene rings is 1. The minimum absolute atomic E-state index is 0.157. The maximum absolute atomic E-state index is 13.2. The molecule has 24 heavy (non-hydrogen) atoms. The van der Waals surface area contributed by atoms with Gasteiger partial charge in [-0.2, -0.15) is 0 Å². The molecule has 0 saturated heterocycles.